The van der Waals surface area contributed by atoms with Gasteiger partial charge in [-0.05, 0) is 37.6 Å². The minimum atomic E-state index is -0.824. The average molecular weight is 575 g/mol. The van der Waals surface area contributed by atoms with Crippen molar-refractivity contribution >= 4 is 34.4 Å². The number of aryl methyl sites for hydroxylation is 1. The fourth-order valence-electron chi connectivity index (χ4n) is 5.17. The molecule has 1 saturated heterocycles. The van der Waals surface area contributed by atoms with Crippen molar-refractivity contribution in [3.8, 4) is 11.4 Å². The largest absolute Gasteiger partial charge is 0.387 e. The second kappa shape index (κ2) is 11.3. The summed E-state index contributed by atoms with van der Waals surface area (Å²) in [5.74, 6) is 1.95. The highest BCUT2D eigenvalue weighted by Crippen LogP contribution is 2.27. The highest BCUT2D eigenvalue weighted by molar-refractivity contribution is 6.30. The molecule has 1 aromatic carbocycles. The molecule has 41 heavy (non-hydrogen) atoms. The predicted octanol–water partition coefficient (Wildman–Crippen LogP) is 3.42. The van der Waals surface area contributed by atoms with Crippen LogP contribution in [0.1, 0.15) is 36.2 Å². The highest BCUT2D eigenvalue weighted by Gasteiger charge is 2.26. The van der Waals surface area contributed by atoms with Crippen molar-refractivity contribution in [1.82, 2.24) is 39.8 Å². The number of hydrogen-bond acceptors (Lipinski definition) is 9. The maximum Gasteiger partial charge on any atom is 0.261 e. The van der Waals surface area contributed by atoms with Crippen molar-refractivity contribution < 1.29 is 5.11 Å². The van der Waals surface area contributed by atoms with E-state index in [0.717, 1.165) is 37.7 Å². The molecule has 1 aliphatic rings. The number of fused-ring (bicyclic) bond motifs is 1. The van der Waals surface area contributed by atoms with Gasteiger partial charge >= 0.3 is 0 Å². The Morgan fingerprint density at radius 3 is 2.68 bits per heavy atom. The molecule has 5 aromatic rings. The number of piperazine rings is 1. The van der Waals surface area contributed by atoms with Gasteiger partial charge in [0, 0.05) is 56.3 Å². The summed E-state index contributed by atoms with van der Waals surface area (Å²) in [6.07, 6.45) is 4.35. The Morgan fingerprint density at radius 2 is 1.93 bits per heavy atom. The Morgan fingerprint density at radius 1 is 1.10 bits per heavy atom. The van der Waals surface area contributed by atoms with Crippen LogP contribution in [-0.2, 0) is 0 Å². The zero-order chi connectivity index (χ0) is 28.5. The summed E-state index contributed by atoms with van der Waals surface area (Å²) in [5, 5.41) is 14.4. The quantitative estimate of drug-likeness (QED) is 0.187. The minimum absolute atomic E-state index is 0.171. The number of H-pyrrole nitrogens is 3. The topological polar surface area (TPSA) is 155 Å². The molecule has 212 valence electrons. The fourth-order valence-corrected chi connectivity index (χ4v) is 5.37. The van der Waals surface area contributed by atoms with Crippen LogP contribution in [0.4, 0.5) is 11.6 Å². The van der Waals surface area contributed by atoms with Crippen molar-refractivity contribution in [3.63, 3.8) is 0 Å². The minimum Gasteiger partial charge on any atom is -0.387 e. The standard InChI is InChI=1S/C28H31ClN10O2/c1-16-23-26(37-28(34-16)39-12-10-38(11-13-39)17(2)24-30-8-9-31-24)36-25(35-23)22-20(6-7-32-27(22)41)33-15-21(40)18-4-3-5-19(29)14-18/h3-9,14,17,21,40H,10-13,15H2,1-2H3,(H,30,31)(H2,32,33,41)(H,34,35,36,37). The Bertz CT molecular complexity index is 1710. The lowest BCUT2D eigenvalue weighted by Crippen LogP contribution is -2.48. The van der Waals surface area contributed by atoms with Crippen molar-refractivity contribution in [2.24, 2.45) is 0 Å². The van der Waals surface area contributed by atoms with E-state index in [2.05, 4.69) is 42.0 Å². The summed E-state index contributed by atoms with van der Waals surface area (Å²) in [6, 6.07) is 8.99. The predicted molar refractivity (Wildman–Crippen MR) is 158 cm³/mol. The number of aromatic nitrogens is 7. The van der Waals surface area contributed by atoms with Gasteiger partial charge in [0.15, 0.2) is 5.65 Å². The van der Waals surface area contributed by atoms with Crippen LogP contribution in [0, 0.1) is 6.92 Å². The van der Waals surface area contributed by atoms with Crippen LogP contribution in [0.2, 0.25) is 5.02 Å². The molecule has 2 unspecified atom stereocenters. The Labute approximate surface area is 240 Å². The van der Waals surface area contributed by atoms with Gasteiger partial charge in [-0.25, -0.2) is 15.0 Å². The number of rotatable bonds is 8. The summed E-state index contributed by atoms with van der Waals surface area (Å²) >= 11 is 6.07. The third kappa shape index (κ3) is 5.53. The van der Waals surface area contributed by atoms with Crippen LogP contribution in [0.15, 0.2) is 53.7 Å². The lowest BCUT2D eigenvalue weighted by atomic mass is 10.1. The molecular weight excluding hydrogens is 544 g/mol. The second-order valence-electron chi connectivity index (χ2n) is 10.1. The van der Waals surface area contributed by atoms with Crippen LogP contribution in [0.3, 0.4) is 0 Å². The lowest BCUT2D eigenvalue weighted by Gasteiger charge is -2.37. The molecule has 6 rings (SSSR count). The smallest absolute Gasteiger partial charge is 0.261 e. The Hall–Kier alpha value is -4.26. The second-order valence-corrected chi connectivity index (χ2v) is 10.5. The zero-order valence-corrected chi connectivity index (χ0v) is 23.5. The van der Waals surface area contributed by atoms with Gasteiger partial charge in [0.2, 0.25) is 5.95 Å². The van der Waals surface area contributed by atoms with Crippen LogP contribution < -0.4 is 15.8 Å². The molecule has 1 fully saturated rings. The molecule has 13 heteroatoms. The monoisotopic (exact) mass is 574 g/mol. The van der Waals surface area contributed by atoms with Crippen molar-refractivity contribution in [1.29, 1.82) is 0 Å². The molecule has 0 spiro atoms. The third-order valence-electron chi connectivity index (χ3n) is 7.48. The molecule has 4 aromatic heterocycles. The van der Waals surface area contributed by atoms with E-state index in [1.54, 1.807) is 42.7 Å². The molecule has 2 atom stereocenters. The average Bonchev–Trinajstić information content (AvgIpc) is 3.67. The first-order valence-corrected chi connectivity index (χ1v) is 13.9. The molecule has 0 aliphatic carbocycles. The highest BCUT2D eigenvalue weighted by atomic mass is 35.5. The fraction of sp³-hybridized carbons (Fsp3) is 0.321. The number of aliphatic hydroxyl groups is 1. The van der Waals surface area contributed by atoms with Crippen LogP contribution in [0.25, 0.3) is 22.6 Å². The molecule has 5 N–H and O–H groups in total. The van der Waals surface area contributed by atoms with Gasteiger partial charge in [0.1, 0.15) is 22.7 Å². The van der Waals surface area contributed by atoms with E-state index in [1.807, 2.05) is 13.1 Å². The summed E-state index contributed by atoms with van der Waals surface area (Å²) in [7, 11) is 0. The summed E-state index contributed by atoms with van der Waals surface area (Å²) in [4.78, 5) is 45.3. The van der Waals surface area contributed by atoms with Crippen molar-refractivity contribution in [2.45, 2.75) is 26.0 Å². The number of nitrogens with zero attached hydrogens (tertiary/aromatic N) is 6. The number of aliphatic hydroxyl groups excluding tert-OH is 1. The van der Waals surface area contributed by atoms with Crippen molar-refractivity contribution in [2.75, 3.05) is 42.9 Å². The molecule has 12 nitrogen and oxygen atoms in total. The van der Waals surface area contributed by atoms with Gasteiger partial charge in [0.25, 0.3) is 5.56 Å². The lowest BCUT2D eigenvalue weighted by molar-refractivity contribution is 0.191. The molecule has 0 amide bonds. The van der Waals surface area contributed by atoms with Crippen LogP contribution >= 0.6 is 11.6 Å². The number of benzene rings is 1. The normalized spacial score (nSPS) is 15.8. The van der Waals surface area contributed by atoms with E-state index in [4.69, 9.17) is 26.6 Å². The van der Waals surface area contributed by atoms with Crippen LogP contribution in [0.5, 0.6) is 0 Å². The Balaban J connectivity index is 1.22. The molecule has 0 radical (unpaired) electrons. The zero-order valence-electron chi connectivity index (χ0n) is 22.7. The van der Waals surface area contributed by atoms with Gasteiger partial charge in [-0.1, -0.05) is 23.7 Å². The third-order valence-corrected chi connectivity index (χ3v) is 7.72. The molecular formula is C28H31ClN10O2. The van der Waals surface area contributed by atoms with Gasteiger partial charge in [-0.2, -0.15) is 4.98 Å². The maximum atomic E-state index is 13.0. The maximum absolute atomic E-state index is 13.0. The number of halogens is 1. The van der Waals surface area contributed by atoms with E-state index >= 15 is 0 Å². The van der Waals surface area contributed by atoms with Gasteiger partial charge < -0.3 is 30.3 Å². The van der Waals surface area contributed by atoms with Gasteiger partial charge in [-0.3, -0.25) is 9.69 Å². The number of pyridine rings is 1. The molecule has 1 aliphatic heterocycles. The molecule has 0 bridgehead atoms. The van der Waals surface area contributed by atoms with Gasteiger partial charge in [0.05, 0.1) is 23.5 Å². The first-order valence-electron chi connectivity index (χ1n) is 13.5. The Kier molecular flexibility index (Phi) is 7.43. The van der Waals surface area contributed by atoms with Crippen LogP contribution in [-0.4, -0.2) is 77.6 Å². The van der Waals surface area contributed by atoms with Crippen molar-refractivity contribution in [3.05, 3.63) is 81.4 Å². The van der Waals surface area contributed by atoms with E-state index < -0.39 is 6.10 Å². The van der Waals surface area contributed by atoms with Gasteiger partial charge in [-0.15, -0.1) is 0 Å². The molecule has 5 heterocycles. The number of anilines is 2. The summed E-state index contributed by atoms with van der Waals surface area (Å²) < 4.78 is 0. The van der Waals surface area contributed by atoms with E-state index in [0.29, 0.717) is 44.8 Å². The van der Waals surface area contributed by atoms with E-state index in [9.17, 15) is 9.90 Å². The summed E-state index contributed by atoms with van der Waals surface area (Å²) in [5.41, 5.74) is 3.08. The molecule has 0 saturated carbocycles. The first-order chi connectivity index (χ1) is 19.9. The van der Waals surface area contributed by atoms with E-state index in [1.165, 1.54) is 0 Å². The number of nitrogens with one attached hydrogen (secondary N) is 4. The summed E-state index contributed by atoms with van der Waals surface area (Å²) in [6.45, 7) is 7.47. The number of imidazole rings is 2. The van der Waals surface area contributed by atoms with E-state index in [-0.39, 0.29) is 18.1 Å². The first kappa shape index (κ1) is 26.9. The SMILES string of the molecule is Cc1nc(N2CCN(C(C)c3ncc[nH]3)CC2)nc2[nH]c(-c3c(NCC(O)c4cccc(Cl)c4)cc[nH]c3=O)nc12. The number of hydrogen-bond donors (Lipinski definition) is 5. The number of aromatic amines is 3.